The number of hydrogen-bond acceptors (Lipinski definition) is 6. The van der Waals surface area contributed by atoms with Crippen LogP contribution in [0, 0.1) is 10.1 Å². The van der Waals surface area contributed by atoms with Crippen molar-refractivity contribution in [3.05, 3.63) is 39.4 Å². The molecule has 0 bridgehead atoms. The lowest BCUT2D eigenvalue weighted by Gasteiger charge is -2.07. The first-order chi connectivity index (χ1) is 10.7. The largest absolute Gasteiger partial charge is 0.368 e. The molecule has 0 saturated carbocycles. The molecule has 0 radical (unpaired) electrons. The van der Waals surface area contributed by atoms with Crippen molar-refractivity contribution in [3.63, 3.8) is 0 Å². The van der Waals surface area contributed by atoms with Crippen molar-refractivity contribution in [1.29, 1.82) is 0 Å². The molecule has 0 aliphatic carbocycles. The number of amides is 4. The van der Waals surface area contributed by atoms with Crippen LogP contribution >= 0.6 is 0 Å². The summed E-state index contributed by atoms with van der Waals surface area (Å²) in [5, 5.41) is 15.2. The van der Waals surface area contributed by atoms with Crippen LogP contribution in [0.3, 0.4) is 0 Å². The molecular formula is C12H13N5O6. The van der Waals surface area contributed by atoms with Crippen molar-refractivity contribution >= 4 is 29.3 Å². The molecule has 11 nitrogen and oxygen atoms in total. The van der Waals surface area contributed by atoms with Crippen LogP contribution in [-0.4, -0.2) is 41.6 Å². The Bertz CT molecular complexity index is 638. The van der Waals surface area contributed by atoms with E-state index in [2.05, 4.69) is 10.6 Å². The summed E-state index contributed by atoms with van der Waals surface area (Å²) < 4.78 is 0. The average molecular weight is 323 g/mol. The molecular weight excluding hydrogens is 310 g/mol. The topological polar surface area (TPSA) is 188 Å². The summed E-state index contributed by atoms with van der Waals surface area (Å²) in [5.74, 6) is -3.25. The van der Waals surface area contributed by atoms with Gasteiger partial charge in [0.15, 0.2) is 0 Å². The van der Waals surface area contributed by atoms with Gasteiger partial charge in [0.25, 0.3) is 17.5 Å². The summed E-state index contributed by atoms with van der Waals surface area (Å²) >= 11 is 0. The first-order valence-corrected chi connectivity index (χ1v) is 6.13. The molecule has 0 unspecified atom stereocenters. The molecule has 0 aliphatic heterocycles. The van der Waals surface area contributed by atoms with E-state index in [0.29, 0.717) is 0 Å². The number of carbonyl (C=O) groups excluding carboxylic acids is 4. The van der Waals surface area contributed by atoms with Crippen LogP contribution in [0.4, 0.5) is 5.69 Å². The van der Waals surface area contributed by atoms with Crippen LogP contribution in [0.15, 0.2) is 18.2 Å². The summed E-state index contributed by atoms with van der Waals surface area (Å²) in [6, 6.07) is 2.93. The van der Waals surface area contributed by atoms with Gasteiger partial charge in [-0.05, 0) is 6.07 Å². The number of nitro benzene ring substituents is 1. The van der Waals surface area contributed by atoms with Crippen LogP contribution in [0.1, 0.15) is 20.7 Å². The van der Waals surface area contributed by atoms with E-state index in [1.54, 1.807) is 0 Å². The van der Waals surface area contributed by atoms with Crippen LogP contribution in [0.2, 0.25) is 0 Å². The van der Waals surface area contributed by atoms with Gasteiger partial charge in [-0.1, -0.05) is 0 Å². The fourth-order valence-electron chi connectivity index (χ4n) is 1.52. The minimum atomic E-state index is -0.823. The Balaban J connectivity index is 3.09. The lowest BCUT2D eigenvalue weighted by Crippen LogP contribution is -2.34. The highest BCUT2D eigenvalue weighted by molar-refractivity contribution is 6.02. The third-order valence-electron chi connectivity index (χ3n) is 2.50. The molecule has 0 fully saturated rings. The highest BCUT2D eigenvalue weighted by atomic mass is 16.6. The molecule has 1 rings (SSSR count). The van der Waals surface area contributed by atoms with E-state index >= 15 is 0 Å². The van der Waals surface area contributed by atoms with Crippen molar-refractivity contribution < 1.29 is 24.1 Å². The van der Waals surface area contributed by atoms with Crippen molar-refractivity contribution in [2.75, 3.05) is 13.1 Å². The third kappa shape index (κ3) is 5.41. The maximum atomic E-state index is 11.8. The highest BCUT2D eigenvalue weighted by Crippen LogP contribution is 2.17. The second kappa shape index (κ2) is 7.49. The molecule has 0 heterocycles. The number of benzene rings is 1. The Kier molecular flexibility index (Phi) is 5.72. The Hall–Kier alpha value is -3.50. The van der Waals surface area contributed by atoms with Crippen molar-refractivity contribution in [1.82, 2.24) is 10.6 Å². The SMILES string of the molecule is NC(=O)CNC(=O)c1cc(C(=O)NCC(N)=O)cc([N+](=O)[O-])c1. The van der Waals surface area contributed by atoms with E-state index in [1.807, 2.05) is 0 Å². The summed E-state index contributed by atoms with van der Waals surface area (Å²) in [6.07, 6.45) is 0. The van der Waals surface area contributed by atoms with Gasteiger partial charge in [0.05, 0.1) is 18.0 Å². The normalized spacial score (nSPS) is 9.74. The second-order valence-corrected chi connectivity index (χ2v) is 4.32. The summed E-state index contributed by atoms with van der Waals surface area (Å²) in [7, 11) is 0. The van der Waals surface area contributed by atoms with Gasteiger partial charge in [-0.2, -0.15) is 0 Å². The number of non-ortho nitro benzene ring substituents is 1. The van der Waals surface area contributed by atoms with E-state index in [-0.39, 0.29) is 11.1 Å². The fourth-order valence-corrected chi connectivity index (χ4v) is 1.52. The Morgan fingerprint density at radius 1 is 0.913 bits per heavy atom. The highest BCUT2D eigenvalue weighted by Gasteiger charge is 2.18. The molecule has 1 aromatic rings. The minimum absolute atomic E-state index is 0.218. The fraction of sp³-hybridized carbons (Fsp3) is 0.167. The predicted molar refractivity (Wildman–Crippen MR) is 76.2 cm³/mol. The van der Waals surface area contributed by atoms with E-state index in [0.717, 1.165) is 18.2 Å². The molecule has 0 aliphatic rings. The zero-order valence-electron chi connectivity index (χ0n) is 11.7. The molecule has 4 amide bonds. The van der Waals surface area contributed by atoms with Crippen LogP contribution in [0.5, 0.6) is 0 Å². The van der Waals surface area contributed by atoms with Gasteiger partial charge in [0.2, 0.25) is 11.8 Å². The Morgan fingerprint density at radius 2 is 1.30 bits per heavy atom. The van der Waals surface area contributed by atoms with Crippen LogP contribution < -0.4 is 22.1 Å². The number of nitrogens with two attached hydrogens (primary N) is 2. The standard InChI is InChI=1S/C12H13N5O6/c13-9(18)4-15-11(20)6-1-7(3-8(2-6)17(22)23)12(21)16-5-10(14)19/h1-3H,4-5H2,(H2,13,18)(H2,14,19)(H,15,20)(H,16,21). The monoisotopic (exact) mass is 323 g/mol. The number of hydrogen-bond donors (Lipinski definition) is 4. The lowest BCUT2D eigenvalue weighted by molar-refractivity contribution is -0.384. The summed E-state index contributed by atoms with van der Waals surface area (Å²) in [5.41, 5.74) is 8.80. The van der Waals surface area contributed by atoms with Gasteiger partial charge in [-0.3, -0.25) is 29.3 Å². The zero-order valence-corrected chi connectivity index (χ0v) is 11.7. The first-order valence-electron chi connectivity index (χ1n) is 6.13. The third-order valence-corrected chi connectivity index (χ3v) is 2.50. The van der Waals surface area contributed by atoms with E-state index in [9.17, 15) is 29.3 Å². The Labute approximate surface area is 129 Å². The van der Waals surface area contributed by atoms with Crippen LogP contribution in [-0.2, 0) is 9.59 Å². The zero-order chi connectivity index (χ0) is 17.6. The summed E-state index contributed by atoms with van der Waals surface area (Å²) in [6.45, 7) is -0.935. The lowest BCUT2D eigenvalue weighted by atomic mass is 10.1. The number of nitrogens with one attached hydrogen (secondary N) is 2. The molecule has 6 N–H and O–H groups in total. The minimum Gasteiger partial charge on any atom is -0.368 e. The molecule has 11 heteroatoms. The van der Waals surface area contributed by atoms with Gasteiger partial charge in [0.1, 0.15) is 0 Å². The van der Waals surface area contributed by atoms with Crippen LogP contribution in [0.25, 0.3) is 0 Å². The second-order valence-electron chi connectivity index (χ2n) is 4.32. The molecule has 0 aromatic heterocycles. The van der Waals surface area contributed by atoms with E-state index < -0.39 is 47.3 Å². The van der Waals surface area contributed by atoms with Crippen molar-refractivity contribution in [2.24, 2.45) is 11.5 Å². The van der Waals surface area contributed by atoms with E-state index in [4.69, 9.17) is 11.5 Å². The molecule has 1 aromatic carbocycles. The van der Waals surface area contributed by atoms with Gasteiger partial charge in [-0.15, -0.1) is 0 Å². The van der Waals surface area contributed by atoms with Gasteiger partial charge in [0, 0.05) is 23.3 Å². The number of nitro groups is 1. The molecule has 0 saturated heterocycles. The van der Waals surface area contributed by atoms with Gasteiger partial charge >= 0.3 is 0 Å². The number of nitrogens with zero attached hydrogens (tertiary/aromatic N) is 1. The Morgan fingerprint density at radius 3 is 1.61 bits per heavy atom. The van der Waals surface area contributed by atoms with Crippen molar-refractivity contribution in [2.45, 2.75) is 0 Å². The van der Waals surface area contributed by atoms with Crippen molar-refractivity contribution in [3.8, 4) is 0 Å². The molecule has 0 atom stereocenters. The molecule has 23 heavy (non-hydrogen) atoms. The first kappa shape index (κ1) is 17.6. The molecule has 0 spiro atoms. The quantitative estimate of drug-likeness (QED) is 0.332. The van der Waals surface area contributed by atoms with Gasteiger partial charge < -0.3 is 22.1 Å². The van der Waals surface area contributed by atoms with E-state index in [1.165, 1.54) is 0 Å². The number of rotatable bonds is 7. The number of carbonyl (C=O) groups is 4. The predicted octanol–water partition coefficient (Wildman–Crippen LogP) is -1.97. The summed E-state index contributed by atoms with van der Waals surface area (Å²) in [4.78, 5) is 55.0. The smallest absolute Gasteiger partial charge is 0.271 e. The molecule has 122 valence electrons. The maximum absolute atomic E-state index is 11.8. The average Bonchev–Trinajstić information content (AvgIpc) is 2.49. The van der Waals surface area contributed by atoms with Gasteiger partial charge in [-0.25, -0.2) is 0 Å². The maximum Gasteiger partial charge on any atom is 0.271 e. The number of primary amides is 2.